The molecule has 7 heteroatoms. The highest BCUT2D eigenvalue weighted by molar-refractivity contribution is 7.09. The second-order valence-corrected chi connectivity index (χ2v) is 8.61. The molecule has 5 heterocycles. The van der Waals surface area contributed by atoms with Gasteiger partial charge in [0.05, 0.1) is 18.3 Å². The standard InChI is InChI=1S/C20H26N6S/c1-23-10-11-24(15-19-21-7-12-27-19)14-17(23)16-13-26-18(22-16)5-4-6-20(26)25-8-2-3-9-25/h4-7,12-13,17H,2-3,8-11,14-15H2,1H3. The summed E-state index contributed by atoms with van der Waals surface area (Å²) in [5.74, 6) is 1.28. The van der Waals surface area contributed by atoms with Crippen LogP contribution in [-0.2, 0) is 6.54 Å². The summed E-state index contributed by atoms with van der Waals surface area (Å²) >= 11 is 1.74. The lowest BCUT2D eigenvalue weighted by molar-refractivity contribution is 0.0885. The van der Waals surface area contributed by atoms with Crippen LogP contribution in [0.1, 0.15) is 29.6 Å². The van der Waals surface area contributed by atoms with Crippen molar-refractivity contribution in [2.45, 2.75) is 25.4 Å². The van der Waals surface area contributed by atoms with Gasteiger partial charge in [0.2, 0.25) is 0 Å². The van der Waals surface area contributed by atoms with Gasteiger partial charge in [0.1, 0.15) is 16.5 Å². The zero-order chi connectivity index (χ0) is 18.2. The number of thiazole rings is 1. The summed E-state index contributed by atoms with van der Waals surface area (Å²) in [6.07, 6.45) is 6.73. The average molecular weight is 383 g/mol. The number of nitrogens with zero attached hydrogens (tertiary/aromatic N) is 6. The van der Waals surface area contributed by atoms with E-state index < -0.39 is 0 Å². The van der Waals surface area contributed by atoms with Crippen LogP contribution in [0, 0.1) is 0 Å². The lowest BCUT2D eigenvalue weighted by atomic mass is 10.1. The van der Waals surface area contributed by atoms with Gasteiger partial charge in [-0.2, -0.15) is 0 Å². The van der Waals surface area contributed by atoms with Gasteiger partial charge in [-0.1, -0.05) is 6.07 Å². The molecule has 0 aliphatic carbocycles. The molecule has 142 valence electrons. The minimum absolute atomic E-state index is 0.324. The Bertz CT molecular complexity index is 898. The fraction of sp³-hybridized carbons (Fsp3) is 0.500. The summed E-state index contributed by atoms with van der Waals surface area (Å²) in [6.45, 7) is 6.38. The molecule has 2 saturated heterocycles. The van der Waals surface area contributed by atoms with E-state index in [1.165, 1.54) is 29.4 Å². The van der Waals surface area contributed by atoms with E-state index in [9.17, 15) is 0 Å². The Hall–Kier alpha value is -1.96. The first kappa shape index (κ1) is 17.2. The molecule has 1 atom stereocenters. The number of hydrogen-bond donors (Lipinski definition) is 0. The molecule has 6 nitrogen and oxygen atoms in total. The van der Waals surface area contributed by atoms with Crippen molar-refractivity contribution in [3.05, 3.63) is 46.7 Å². The first-order chi connectivity index (χ1) is 13.3. The first-order valence-corrected chi connectivity index (χ1v) is 10.7. The monoisotopic (exact) mass is 382 g/mol. The molecule has 0 radical (unpaired) electrons. The minimum Gasteiger partial charge on any atom is -0.358 e. The van der Waals surface area contributed by atoms with E-state index in [0.717, 1.165) is 44.9 Å². The summed E-state index contributed by atoms with van der Waals surface area (Å²) in [5, 5.41) is 3.26. The number of fused-ring (bicyclic) bond motifs is 1. The van der Waals surface area contributed by atoms with E-state index in [-0.39, 0.29) is 0 Å². The Morgan fingerprint density at radius 1 is 1.15 bits per heavy atom. The Morgan fingerprint density at radius 2 is 2.04 bits per heavy atom. The molecule has 0 spiro atoms. The molecule has 2 fully saturated rings. The molecule has 0 saturated carbocycles. The molecular formula is C20H26N6S. The van der Waals surface area contributed by atoms with E-state index in [4.69, 9.17) is 4.98 Å². The lowest BCUT2D eigenvalue weighted by Gasteiger charge is -2.38. The Kier molecular flexibility index (Phi) is 4.59. The van der Waals surface area contributed by atoms with Crippen LogP contribution in [0.25, 0.3) is 5.65 Å². The highest BCUT2D eigenvalue weighted by Gasteiger charge is 2.28. The van der Waals surface area contributed by atoms with Crippen LogP contribution >= 0.6 is 11.3 Å². The number of aromatic nitrogens is 3. The molecule has 0 N–H and O–H groups in total. The van der Waals surface area contributed by atoms with Gasteiger partial charge in [-0.25, -0.2) is 9.97 Å². The van der Waals surface area contributed by atoms with Crippen LogP contribution in [0.3, 0.4) is 0 Å². The molecule has 0 bridgehead atoms. The van der Waals surface area contributed by atoms with Crippen molar-refractivity contribution >= 4 is 22.8 Å². The topological polar surface area (TPSA) is 39.9 Å². The molecule has 0 amide bonds. The second kappa shape index (κ2) is 7.22. The quantitative estimate of drug-likeness (QED) is 0.694. The van der Waals surface area contributed by atoms with E-state index in [2.05, 4.69) is 60.9 Å². The third-order valence-electron chi connectivity index (χ3n) is 5.84. The maximum absolute atomic E-state index is 5.01. The van der Waals surface area contributed by atoms with Gasteiger partial charge in [0.15, 0.2) is 0 Å². The maximum atomic E-state index is 5.01. The first-order valence-electron chi connectivity index (χ1n) is 9.82. The largest absolute Gasteiger partial charge is 0.358 e. The highest BCUT2D eigenvalue weighted by atomic mass is 32.1. The van der Waals surface area contributed by atoms with Gasteiger partial charge >= 0.3 is 0 Å². The molecular weight excluding hydrogens is 356 g/mol. The summed E-state index contributed by atoms with van der Waals surface area (Å²) in [4.78, 5) is 16.9. The van der Waals surface area contributed by atoms with Crippen LogP contribution in [0.5, 0.6) is 0 Å². The van der Waals surface area contributed by atoms with Crippen LogP contribution < -0.4 is 4.90 Å². The predicted octanol–water partition coefficient (Wildman–Crippen LogP) is 2.88. The molecule has 2 aliphatic heterocycles. The van der Waals surface area contributed by atoms with Gasteiger partial charge in [0.25, 0.3) is 0 Å². The number of rotatable bonds is 4. The Morgan fingerprint density at radius 3 is 2.85 bits per heavy atom. The van der Waals surface area contributed by atoms with Crippen molar-refractivity contribution in [2.24, 2.45) is 0 Å². The molecule has 3 aromatic heterocycles. The van der Waals surface area contributed by atoms with E-state index >= 15 is 0 Å². The number of pyridine rings is 1. The van der Waals surface area contributed by atoms with E-state index in [0.29, 0.717) is 6.04 Å². The Labute approximate surface area is 164 Å². The minimum atomic E-state index is 0.324. The number of likely N-dealkylation sites (N-methyl/N-ethyl adjacent to an activating group) is 1. The van der Waals surface area contributed by atoms with Gasteiger partial charge in [0, 0.05) is 50.5 Å². The maximum Gasteiger partial charge on any atom is 0.138 e. The zero-order valence-corrected chi connectivity index (χ0v) is 16.6. The third-order valence-corrected chi connectivity index (χ3v) is 6.60. The zero-order valence-electron chi connectivity index (χ0n) is 15.8. The van der Waals surface area contributed by atoms with Gasteiger partial charge in [-0.05, 0) is 32.0 Å². The number of hydrogen-bond acceptors (Lipinski definition) is 6. The third kappa shape index (κ3) is 3.35. The van der Waals surface area contributed by atoms with Crippen molar-refractivity contribution in [3.63, 3.8) is 0 Å². The van der Waals surface area contributed by atoms with E-state index in [1.54, 1.807) is 11.3 Å². The molecule has 0 aromatic carbocycles. The lowest BCUT2D eigenvalue weighted by Crippen LogP contribution is -2.46. The SMILES string of the molecule is CN1CCN(Cc2nccs2)CC1c1cn2c(N3CCCC3)cccc2n1. The summed E-state index contributed by atoms with van der Waals surface area (Å²) in [7, 11) is 2.22. The number of piperazine rings is 1. The van der Waals surface area contributed by atoms with Crippen molar-refractivity contribution < 1.29 is 0 Å². The highest BCUT2D eigenvalue weighted by Crippen LogP contribution is 2.28. The smallest absolute Gasteiger partial charge is 0.138 e. The molecule has 2 aliphatic rings. The van der Waals surface area contributed by atoms with Crippen molar-refractivity contribution in [3.8, 4) is 0 Å². The summed E-state index contributed by atoms with van der Waals surface area (Å²) in [5.41, 5.74) is 2.23. The van der Waals surface area contributed by atoms with Crippen molar-refractivity contribution in [1.82, 2.24) is 24.2 Å². The summed E-state index contributed by atoms with van der Waals surface area (Å²) in [6, 6.07) is 6.81. The fourth-order valence-corrected chi connectivity index (χ4v) is 4.95. The van der Waals surface area contributed by atoms with E-state index in [1.807, 2.05) is 6.20 Å². The second-order valence-electron chi connectivity index (χ2n) is 7.63. The van der Waals surface area contributed by atoms with Crippen molar-refractivity contribution in [1.29, 1.82) is 0 Å². The number of anilines is 1. The molecule has 27 heavy (non-hydrogen) atoms. The van der Waals surface area contributed by atoms with Crippen LogP contribution in [0.2, 0.25) is 0 Å². The van der Waals surface area contributed by atoms with Crippen LogP contribution in [-0.4, -0.2) is 63.9 Å². The molecule has 1 unspecified atom stereocenters. The Balaban J connectivity index is 1.42. The average Bonchev–Trinajstić information content (AvgIpc) is 3.44. The number of imidazole rings is 1. The fourth-order valence-electron chi connectivity index (χ4n) is 4.30. The van der Waals surface area contributed by atoms with Gasteiger partial charge in [-0.3, -0.25) is 14.2 Å². The molecule has 5 rings (SSSR count). The van der Waals surface area contributed by atoms with Crippen LogP contribution in [0.4, 0.5) is 5.82 Å². The van der Waals surface area contributed by atoms with Gasteiger partial charge in [-0.15, -0.1) is 11.3 Å². The normalized spacial score (nSPS) is 22.1. The van der Waals surface area contributed by atoms with Crippen molar-refractivity contribution in [2.75, 3.05) is 44.7 Å². The predicted molar refractivity (Wildman–Crippen MR) is 109 cm³/mol. The van der Waals surface area contributed by atoms with Crippen LogP contribution in [0.15, 0.2) is 36.0 Å². The van der Waals surface area contributed by atoms with Gasteiger partial charge < -0.3 is 4.90 Å². The summed E-state index contributed by atoms with van der Waals surface area (Å²) < 4.78 is 2.29. The molecule has 3 aromatic rings.